The number of nitrogens with one attached hydrogen (secondary N) is 3. The van der Waals surface area contributed by atoms with Gasteiger partial charge in [-0.05, 0) is 101 Å². The summed E-state index contributed by atoms with van der Waals surface area (Å²) in [6.07, 6.45) is 0.928. The second-order valence-corrected chi connectivity index (χ2v) is 11.6. The van der Waals surface area contributed by atoms with Crippen LogP contribution in [0.1, 0.15) is 82.1 Å². The number of carbonyl (C=O) groups excluding carboxylic acids is 1. The highest BCUT2D eigenvalue weighted by Gasteiger charge is 2.37. The minimum Gasteiger partial charge on any atom is -0.444 e. The number of nitrogens with zero attached hydrogens (tertiary/aromatic N) is 2. The number of aromatic nitrogens is 1. The van der Waals surface area contributed by atoms with Crippen LogP contribution in [-0.2, 0) is 4.74 Å². The van der Waals surface area contributed by atoms with E-state index in [9.17, 15) is 18.8 Å². The Hall–Kier alpha value is -3.67. The van der Waals surface area contributed by atoms with Gasteiger partial charge >= 0.3 is 6.09 Å². The number of carbonyl (C=O) groups is 1. The molecule has 1 fully saturated rings. The van der Waals surface area contributed by atoms with Gasteiger partial charge in [0.25, 0.3) is 0 Å². The lowest BCUT2D eigenvalue weighted by Gasteiger charge is -2.29. The van der Waals surface area contributed by atoms with Crippen molar-refractivity contribution in [3.05, 3.63) is 52.6 Å². The van der Waals surface area contributed by atoms with Crippen molar-refractivity contribution < 1.29 is 18.3 Å². The molecule has 3 N–H and O–H groups in total. The molecule has 2 aliphatic rings. The van der Waals surface area contributed by atoms with E-state index in [4.69, 9.17) is 9.72 Å². The summed E-state index contributed by atoms with van der Waals surface area (Å²) in [5, 5.41) is 19.5. The normalized spacial score (nSPS) is 18.1. The fourth-order valence-electron chi connectivity index (χ4n) is 5.10. The standard InChI is InChI=1S/C30H37F2N5O2/c1-16-11-20(13-25(31)32)23-10-9-22(14-24(16)23)35-28-21(15-33)12-17(2)27(37-28)34-18(3)26(19-7-8-19)36-29(38)39-30(4,5)6/h9-12,14,18-20,25-26H,7-8,13H2,1-6H3,(H,36,38)(H2,34,35,37)/t18-,20?,26-/m1/s1. The summed E-state index contributed by atoms with van der Waals surface area (Å²) >= 11 is 0. The average Bonchev–Trinajstić information content (AvgIpc) is 3.63. The van der Waals surface area contributed by atoms with Gasteiger partial charge in [-0.2, -0.15) is 5.26 Å². The third-order valence-electron chi connectivity index (χ3n) is 7.07. The summed E-state index contributed by atoms with van der Waals surface area (Å²) in [4.78, 5) is 17.2. The maximum atomic E-state index is 13.0. The van der Waals surface area contributed by atoms with Crippen LogP contribution in [0.5, 0.6) is 0 Å². The Balaban J connectivity index is 1.53. The highest BCUT2D eigenvalue weighted by molar-refractivity contribution is 5.78. The molecule has 1 unspecified atom stereocenters. The Bertz CT molecular complexity index is 1310. The maximum absolute atomic E-state index is 13.0. The van der Waals surface area contributed by atoms with Crippen LogP contribution >= 0.6 is 0 Å². The van der Waals surface area contributed by atoms with Gasteiger partial charge in [0.2, 0.25) is 6.43 Å². The van der Waals surface area contributed by atoms with Gasteiger partial charge < -0.3 is 20.7 Å². The molecule has 1 aromatic carbocycles. The summed E-state index contributed by atoms with van der Waals surface area (Å²) in [6, 6.07) is 9.31. The summed E-state index contributed by atoms with van der Waals surface area (Å²) in [6.45, 7) is 11.3. The van der Waals surface area contributed by atoms with E-state index in [1.807, 2.05) is 65.8 Å². The van der Waals surface area contributed by atoms with Gasteiger partial charge in [0.05, 0.1) is 11.6 Å². The number of hydrogen-bond acceptors (Lipinski definition) is 6. The number of benzene rings is 1. The molecule has 0 radical (unpaired) electrons. The van der Waals surface area contributed by atoms with Gasteiger partial charge in [-0.25, -0.2) is 18.6 Å². The van der Waals surface area contributed by atoms with Crippen molar-refractivity contribution in [1.82, 2.24) is 10.3 Å². The molecule has 7 nitrogen and oxygen atoms in total. The van der Waals surface area contributed by atoms with E-state index in [0.29, 0.717) is 28.8 Å². The predicted molar refractivity (Wildman–Crippen MR) is 149 cm³/mol. The SMILES string of the molecule is CC1=CC(CC(F)F)c2ccc(Nc3nc(N[C@H](C)[C@@H](NC(=O)OC(C)(C)C)C4CC4)c(C)cc3C#N)cc21. The van der Waals surface area contributed by atoms with E-state index in [2.05, 4.69) is 22.0 Å². The number of fused-ring (bicyclic) bond motifs is 1. The van der Waals surface area contributed by atoms with Crippen molar-refractivity contribution >= 4 is 29.0 Å². The van der Waals surface area contributed by atoms with Crippen molar-refractivity contribution in [2.24, 2.45) is 5.92 Å². The second-order valence-electron chi connectivity index (χ2n) is 11.6. The van der Waals surface area contributed by atoms with Crippen LogP contribution in [0.25, 0.3) is 5.57 Å². The highest BCUT2D eigenvalue weighted by atomic mass is 19.3. The Kier molecular flexibility index (Phi) is 8.15. The van der Waals surface area contributed by atoms with Gasteiger partial charge in [-0.15, -0.1) is 0 Å². The third-order valence-corrected chi connectivity index (χ3v) is 7.07. The minimum atomic E-state index is -2.37. The summed E-state index contributed by atoms with van der Waals surface area (Å²) < 4.78 is 31.5. The molecule has 0 spiro atoms. The Morgan fingerprint density at radius 1 is 1.21 bits per heavy atom. The number of nitriles is 1. The molecule has 1 amide bonds. The molecule has 2 aliphatic carbocycles. The number of aryl methyl sites for hydroxylation is 1. The maximum Gasteiger partial charge on any atom is 0.407 e. The zero-order valence-corrected chi connectivity index (χ0v) is 23.4. The zero-order valence-electron chi connectivity index (χ0n) is 23.4. The number of hydrogen-bond donors (Lipinski definition) is 3. The molecule has 0 aliphatic heterocycles. The van der Waals surface area contributed by atoms with Gasteiger partial charge in [-0.1, -0.05) is 12.1 Å². The first kappa shape index (κ1) is 28.3. The fraction of sp³-hybridized carbons (Fsp3) is 0.500. The second kappa shape index (κ2) is 11.2. The third kappa shape index (κ3) is 7.05. The molecule has 9 heteroatoms. The van der Waals surface area contributed by atoms with Crippen LogP contribution in [0.4, 0.5) is 30.9 Å². The highest BCUT2D eigenvalue weighted by Crippen LogP contribution is 2.41. The van der Waals surface area contributed by atoms with E-state index >= 15 is 0 Å². The molecule has 1 aromatic heterocycles. The molecule has 0 saturated heterocycles. The number of halogens is 2. The number of amides is 1. The Morgan fingerprint density at radius 3 is 2.54 bits per heavy atom. The predicted octanol–water partition coefficient (Wildman–Crippen LogP) is 7.26. The first-order chi connectivity index (χ1) is 18.3. The van der Waals surface area contributed by atoms with Crippen LogP contribution < -0.4 is 16.0 Å². The molecule has 4 rings (SSSR count). The van der Waals surface area contributed by atoms with Crippen LogP contribution in [0.15, 0.2) is 30.3 Å². The van der Waals surface area contributed by atoms with Crippen molar-refractivity contribution in [2.45, 2.75) is 90.8 Å². The molecule has 39 heavy (non-hydrogen) atoms. The first-order valence-electron chi connectivity index (χ1n) is 13.4. The van der Waals surface area contributed by atoms with Gasteiger partial charge in [0.15, 0.2) is 5.82 Å². The van der Waals surface area contributed by atoms with Crippen LogP contribution in [-0.4, -0.2) is 35.2 Å². The molecular weight excluding hydrogens is 500 g/mol. The van der Waals surface area contributed by atoms with E-state index in [1.165, 1.54) is 0 Å². The lowest BCUT2D eigenvalue weighted by molar-refractivity contribution is 0.0493. The summed E-state index contributed by atoms with van der Waals surface area (Å²) in [5.74, 6) is 1.06. The molecule has 1 saturated carbocycles. The number of alkyl carbamates (subject to hydrolysis) is 1. The smallest absolute Gasteiger partial charge is 0.407 e. The van der Waals surface area contributed by atoms with Gasteiger partial charge in [-0.3, -0.25) is 0 Å². The lowest BCUT2D eigenvalue weighted by Crippen LogP contribution is -2.48. The molecule has 3 atom stereocenters. The van der Waals surface area contributed by atoms with Crippen molar-refractivity contribution in [3.63, 3.8) is 0 Å². The molecule has 2 aromatic rings. The van der Waals surface area contributed by atoms with E-state index in [0.717, 1.165) is 35.1 Å². The largest absolute Gasteiger partial charge is 0.444 e. The average molecular weight is 538 g/mol. The first-order valence-corrected chi connectivity index (χ1v) is 13.4. The van der Waals surface area contributed by atoms with E-state index in [1.54, 1.807) is 6.07 Å². The van der Waals surface area contributed by atoms with Crippen LogP contribution in [0, 0.1) is 24.2 Å². The number of allylic oxidation sites excluding steroid dienone is 2. The molecule has 0 bridgehead atoms. The topological polar surface area (TPSA) is 99.1 Å². The van der Waals surface area contributed by atoms with Crippen molar-refractivity contribution in [2.75, 3.05) is 10.6 Å². The van der Waals surface area contributed by atoms with Gasteiger partial charge in [0, 0.05) is 24.1 Å². The van der Waals surface area contributed by atoms with Crippen LogP contribution in [0.3, 0.4) is 0 Å². The molecule has 1 heterocycles. The number of rotatable bonds is 9. The zero-order chi connectivity index (χ0) is 28.5. The van der Waals surface area contributed by atoms with Crippen molar-refractivity contribution in [3.8, 4) is 6.07 Å². The Labute approximate surface area is 229 Å². The lowest BCUT2D eigenvalue weighted by atomic mass is 9.97. The summed E-state index contributed by atoms with van der Waals surface area (Å²) in [7, 11) is 0. The summed E-state index contributed by atoms with van der Waals surface area (Å²) in [5.41, 5.74) is 4.08. The van der Waals surface area contributed by atoms with E-state index in [-0.39, 0.29) is 24.4 Å². The number of alkyl halides is 2. The number of anilines is 3. The van der Waals surface area contributed by atoms with Crippen LogP contribution in [0.2, 0.25) is 0 Å². The monoisotopic (exact) mass is 537 g/mol. The number of pyridine rings is 1. The molecular formula is C30H37F2N5O2. The minimum absolute atomic E-state index is 0.138. The fourth-order valence-corrected chi connectivity index (χ4v) is 5.10. The Morgan fingerprint density at radius 2 is 1.92 bits per heavy atom. The van der Waals surface area contributed by atoms with Gasteiger partial charge in [0.1, 0.15) is 17.5 Å². The molecule has 208 valence electrons. The van der Waals surface area contributed by atoms with E-state index < -0.39 is 18.1 Å². The quantitative estimate of drug-likeness (QED) is 0.311. The number of ether oxygens (including phenoxy) is 1. The van der Waals surface area contributed by atoms with Crippen molar-refractivity contribution in [1.29, 1.82) is 5.26 Å².